The Morgan fingerprint density at radius 3 is 2.25 bits per heavy atom. The maximum atomic E-state index is 12.4. The highest BCUT2D eigenvalue weighted by Gasteiger charge is 2.17. The summed E-state index contributed by atoms with van der Waals surface area (Å²) in [6.07, 6.45) is 0. The summed E-state index contributed by atoms with van der Waals surface area (Å²) in [6.45, 7) is 8.29. The first-order chi connectivity index (χ1) is 11.3. The predicted molar refractivity (Wildman–Crippen MR) is 99.2 cm³/mol. The van der Waals surface area contributed by atoms with Crippen molar-refractivity contribution in [2.45, 2.75) is 39.7 Å². The predicted octanol–water partition coefficient (Wildman–Crippen LogP) is 5.27. The van der Waals surface area contributed by atoms with Crippen LogP contribution in [0.2, 0.25) is 5.02 Å². The Hall–Kier alpha value is -2.00. The van der Waals surface area contributed by atoms with Crippen LogP contribution in [0.25, 0.3) is 0 Å². The summed E-state index contributed by atoms with van der Waals surface area (Å²) in [5, 5.41) is 3.67. The Morgan fingerprint density at radius 2 is 1.71 bits per heavy atom. The van der Waals surface area contributed by atoms with Gasteiger partial charge in [-0.15, -0.1) is 0 Å². The maximum absolute atomic E-state index is 12.4. The molecule has 0 radical (unpaired) electrons. The molecule has 0 aliphatic rings. The molecule has 24 heavy (non-hydrogen) atoms. The van der Waals surface area contributed by atoms with E-state index >= 15 is 0 Å². The number of carbonyl (C=O) groups excluding carboxylic acids is 1. The van der Waals surface area contributed by atoms with Crippen LogP contribution in [-0.4, -0.2) is 13.0 Å². The molecule has 2 rings (SSSR count). The van der Waals surface area contributed by atoms with Crippen LogP contribution in [0.15, 0.2) is 36.4 Å². The summed E-state index contributed by atoms with van der Waals surface area (Å²) < 4.78 is 5.48. The number of aryl methyl sites for hydroxylation is 1. The number of carbonyl (C=O) groups is 1. The van der Waals surface area contributed by atoms with Crippen LogP contribution >= 0.6 is 11.6 Å². The van der Waals surface area contributed by atoms with E-state index in [0.29, 0.717) is 16.5 Å². The Morgan fingerprint density at radius 1 is 1.08 bits per heavy atom. The largest absolute Gasteiger partial charge is 0.496 e. The van der Waals surface area contributed by atoms with Gasteiger partial charge in [0.15, 0.2) is 0 Å². The molecule has 128 valence electrons. The highest BCUT2D eigenvalue weighted by molar-refractivity contribution is 6.30. The second-order valence-corrected chi connectivity index (χ2v) is 6.74. The molecule has 4 heteroatoms. The Bertz CT molecular complexity index is 723. The zero-order valence-electron chi connectivity index (χ0n) is 14.8. The van der Waals surface area contributed by atoms with Crippen molar-refractivity contribution in [1.29, 1.82) is 0 Å². The van der Waals surface area contributed by atoms with Crippen molar-refractivity contribution in [3.8, 4) is 5.75 Å². The van der Waals surface area contributed by atoms with Gasteiger partial charge in [-0.05, 0) is 72.9 Å². The standard InChI is InChI=1S/C20H24ClNO2/c1-12(2)17-11-18(13(3)10-19(17)24-5)14(4)22-20(23)15-6-8-16(21)9-7-15/h6-12,14H,1-5H3,(H,22,23)/t14-/m1/s1. The molecule has 0 saturated heterocycles. The van der Waals surface area contributed by atoms with Gasteiger partial charge in [-0.2, -0.15) is 0 Å². The first-order valence-electron chi connectivity index (χ1n) is 8.08. The number of hydrogen-bond donors (Lipinski definition) is 1. The summed E-state index contributed by atoms with van der Waals surface area (Å²) >= 11 is 5.87. The molecule has 2 aromatic carbocycles. The molecule has 0 saturated carbocycles. The molecular weight excluding hydrogens is 322 g/mol. The van der Waals surface area contributed by atoms with Crippen LogP contribution in [0.1, 0.15) is 59.8 Å². The van der Waals surface area contributed by atoms with E-state index in [9.17, 15) is 4.79 Å². The van der Waals surface area contributed by atoms with Crippen molar-refractivity contribution in [2.75, 3.05) is 7.11 Å². The van der Waals surface area contributed by atoms with Crippen LogP contribution in [0, 0.1) is 6.92 Å². The fourth-order valence-electron chi connectivity index (χ4n) is 2.77. The van der Waals surface area contributed by atoms with E-state index in [0.717, 1.165) is 22.4 Å². The molecule has 1 amide bonds. The minimum absolute atomic E-state index is 0.100. The van der Waals surface area contributed by atoms with Gasteiger partial charge in [-0.3, -0.25) is 4.79 Å². The van der Waals surface area contributed by atoms with Crippen LogP contribution in [0.5, 0.6) is 5.75 Å². The zero-order valence-corrected chi connectivity index (χ0v) is 15.6. The van der Waals surface area contributed by atoms with E-state index in [2.05, 4.69) is 25.2 Å². The van der Waals surface area contributed by atoms with Gasteiger partial charge < -0.3 is 10.1 Å². The lowest BCUT2D eigenvalue weighted by molar-refractivity contribution is 0.0940. The summed E-state index contributed by atoms with van der Waals surface area (Å²) in [5.74, 6) is 1.13. The molecule has 1 N–H and O–H groups in total. The average molecular weight is 346 g/mol. The molecule has 0 spiro atoms. The zero-order chi connectivity index (χ0) is 17.9. The van der Waals surface area contributed by atoms with Crippen molar-refractivity contribution in [2.24, 2.45) is 0 Å². The Labute approximate surface area is 149 Å². The third-order valence-corrected chi connectivity index (χ3v) is 4.41. The van der Waals surface area contributed by atoms with Crippen molar-refractivity contribution in [3.63, 3.8) is 0 Å². The first-order valence-corrected chi connectivity index (χ1v) is 8.46. The SMILES string of the molecule is COc1cc(C)c([C@@H](C)NC(=O)c2ccc(Cl)cc2)cc1C(C)C. The maximum Gasteiger partial charge on any atom is 0.251 e. The second-order valence-electron chi connectivity index (χ2n) is 6.31. The molecule has 3 nitrogen and oxygen atoms in total. The lowest BCUT2D eigenvalue weighted by atomic mass is 9.93. The summed E-state index contributed by atoms with van der Waals surface area (Å²) in [7, 11) is 1.69. The van der Waals surface area contributed by atoms with E-state index in [1.807, 2.05) is 19.9 Å². The third kappa shape index (κ3) is 4.09. The first kappa shape index (κ1) is 18.3. The summed E-state index contributed by atoms with van der Waals surface area (Å²) in [4.78, 5) is 12.4. The number of nitrogens with one attached hydrogen (secondary N) is 1. The Kier molecular flexibility index (Phi) is 5.89. The average Bonchev–Trinajstić information content (AvgIpc) is 2.54. The second kappa shape index (κ2) is 7.71. The number of benzene rings is 2. The normalized spacial score (nSPS) is 12.1. The molecular formula is C20H24ClNO2. The number of amides is 1. The van der Waals surface area contributed by atoms with Gasteiger partial charge in [-0.1, -0.05) is 25.4 Å². The smallest absolute Gasteiger partial charge is 0.251 e. The van der Waals surface area contributed by atoms with E-state index in [1.54, 1.807) is 31.4 Å². The fraction of sp³-hybridized carbons (Fsp3) is 0.350. The van der Waals surface area contributed by atoms with Gasteiger partial charge in [0, 0.05) is 10.6 Å². The van der Waals surface area contributed by atoms with Gasteiger partial charge in [0.25, 0.3) is 5.91 Å². The lowest BCUT2D eigenvalue weighted by Crippen LogP contribution is -2.27. The quantitative estimate of drug-likeness (QED) is 0.801. The van der Waals surface area contributed by atoms with Gasteiger partial charge in [-0.25, -0.2) is 0 Å². The topological polar surface area (TPSA) is 38.3 Å². The molecule has 1 atom stereocenters. The lowest BCUT2D eigenvalue weighted by Gasteiger charge is -2.21. The molecule has 0 heterocycles. The molecule has 0 unspecified atom stereocenters. The minimum atomic E-state index is -0.111. The number of rotatable bonds is 5. The number of halogens is 1. The van der Waals surface area contributed by atoms with Crippen LogP contribution < -0.4 is 10.1 Å². The van der Waals surface area contributed by atoms with Gasteiger partial charge >= 0.3 is 0 Å². The van der Waals surface area contributed by atoms with Crippen LogP contribution in [-0.2, 0) is 0 Å². The highest BCUT2D eigenvalue weighted by atomic mass is 35.5. The van der Waals surface area contributed by atoms with Crippen molar-refractivity contribution >= 4 is 17.5 Å². The van der Waals surface area contributed by atoms with Crippen LogP contribution in [0.3, 0.4) is 0 Å². The summed E-state index contributed by atoms with van der Waals surface area (Å²) in [5.41, 5.74) is 3.94. The molecule has 0 fully saturated rings. The number of methoxy groups -OCH3 is 1. The molecule has 0 bridgehead atoms. The van der Waals surface area contributed by atoms with E-state index < -0.39 is 0 Å². The molecule has 0 aromatic heterocycles. The molecule has 0 aliphatic carbocycles. The summed E-state index contributed by atoms with van der Waals surface area (Å²) in [6, 6.07) is 11.0. The highest BCUT2D eigenvalue weighted by Crippen LogP contribution is 2.32. The van der Waals surface area contributed by atoms with E-state index in [1.165, 1.54) is 0 Å². The van der Waals surface area contributed by atoms with E-state index in [4.69, 9.17) is 16.3 Å². The van der Waals surface area contributed by atoms with Gasteiger partial charge in [0.2, 0.25) is 0 Å². The van der Waals surface area contributed by atoms with Gasteiger partial charge in [0.05, 0.1) is 13.2 Å². The number of hydrogen-bond acceptors (Lipinski definition) is 2. The van der Waals surface area contributed by atoms with E-state index in [-0.39, 0.29) is 11.9 Å². The van der Waals surface area contributed by atoms with Gasteiger partial charge in [0.1, 0.15) is 5.75 Å². The monoisotopic (exact) mass is 345 g/mol. The molecule has 0 aliphatic heterocycles. The fourth-order valence-corrected chi connectivity index (χ4v) is 2.90. The Balaban J connectivity index is 2.25. The minimum Gasteiger partial charge on any atom is -0.496 e. The third-order valence-electron chi connectivity index (χ3n) is 4.16. The number of ether oxygens (including phenoxy) is 1. The van der Waals surface area contributed by atoms with Crippen LogP contribution in [0.4, 0.5) is 0 Å². The van der Waals surface area contributed by atoms with Crippen molar-refractivity contribution < 1.29 is 9.53 Å². The molecule has 2 aromatic rings. The van der Waals surface area contributed by atoms with Crippen molar-refractivity contribution in [1.82, 2.24) is 5.32 Å². The van der Waals surface area contributed by atoms with Crippen molar-refractivity contribution in [3.05, 3.63) is 63.7 Å².